The Balaban J connectivity index is 2.41. The molecule has 1 atom stereocenters. The lowest BCUT2D eigenvalue weighted by atomic mass is 9.94. The van der Waals surface area contributed by atoms with E-state index in [0.29, 0.717) is 12.8 Å². The highest BCUT2D eigenvalue weighted by Gasteiger charge is 2.30. The van der Waals surface area contributed by atoms with Crippen molar-refractivity contribution in [1.29, 1.82) is 0 Å². The first-order valence-electron chi connectivity index (χ1n) is 5.86. The molecule has 1 aromatic rings. The third-order valence-electron chi connectivity index (χ3n) is 2.96. The number of nitro groups is 1. The summed E-state index contributed by atoms with van der Waals surface area (Å²) in [6.07, 6.45) is 1.95. The minimum atomic E-state index is -0.881. The van der Waals surface area contributed by atoms with E-state index in [1.165, 1.54) is 5.56 Å². The van der Waals surface area contributed by atoms with E-state index < -0.39 is 5.54 Å². The van der Waals surface area contributed by atoms with Gasteiger partial charge in [-0.2, -0.15) is 0 Å². The van der Waals surface area contributed by atoms with E-state index in [2.05, 4.69) is 0 Å². The van der Waals surface area contributed by atoms with Crippen molar-refractivity contribution in [3.8, 4) is 0 Å². The molecule has 0 aliphatic rings. The van der Waals surface area contributed by atoms with Gasteiger partial charge in [0.25, 0.3) is 0 Å². The van der Waals surface area contributed by atoms with Crippen LogP contribution < -0.4 is 5.73 Å². The molecule has 0 spiro atoms. The summed E-state index contributed by atoms with van der Waals surface area (Å²) in [5.41, 5.74) is 6.29. The van der Waals surface area contributed by atoms with Gasteiger partial charge >= 0.3 is 0 Å². The molecule has 0 aliphatic carbocycles. The molecule has 0 aliphatic heterocycles. The molecule has 1 unspecified atom stereocenters. The molecule has 2 N–H and O–H groups in total. The summed E-state index contributed by atoms with van der Waals surface area (Å²) in [7, 11) is 0. The SMILES string of the molecule is CC(C)(CCC(N)Cc1ccccc1)[N+](=O)[O-]. The molecular formula is C13H20N2O2. The highest BCUT2D eigenvalue weighted by atomic mass is 16.6. The second-order valence-electron chi connectivity index (χ2n) is 5.06. The van der Waals surface area contributed by atoms with Crippen LogP contribution in [-0.2, 0) is 6.42 Å². The third kappa shape index (κ3) is 4.53. The minimum Gasteiger partial charge on any atom is -0.327 e. The molecule has 0 fully saturated rings. The van der Waals surface area contributed by atoms with Crippen LogP contribution in [0.2, 0.25) is 0 Å². The normalized spacial score (nSPS) is 13.4. The van der Waals surface area contributed by atoms with Crippen LogP contribution in [0.1, 0.15) is 32.3 Å². The Labute approximate surface area is 102 Å². The molecule has 0 aromatic heterocycles. The minimum absolute atomic E-state index is 0.0170. The maximum absolute atomic E-state index is 10.8. The summed E-state index contributed by atoms with van der Waals surface area (Å²) in [6.45, 7) is 3.28. The van der Waals surface area contributed by atoms with E-state index in [9.17, 15) is 10.1 Å². The average Bonchev–Trinajstić information content (AvgIpc) is 2.28. The van der Waals surface area contributed by atoms with E-state index in [0.717, 1.165) is 6.42 Å². The van der Waals surface area contributed by atoms with Gasteiger partial charge in [-0.25, -0.2) is 0 Å². The van der Waals surface area contributed by atoms with Crippen LogP contribution in [0, 0.1) is 10.1 Å². The molecular weight excluding hydrogens is 216 g/mol. The van der Waals surface area contributed by atoms with E-state index in [1.807, 2.05) is 30.3 Å². The first kappa shape index (κ1) is 13.6. The monoisotopic (exact) mass is 236 g/mol. The maximum Gasteiger partial charge on any atom is 0.216 e. The Morgan fingerprint density at radius 2 is 1.94 bits per heavy atom. The molecule has 4 nitrogen and oxygen atoms in total. The quantitative estimate of drug-likeness (QED) is 0.609. The summed E-state index contributed by atoms with van der Waals surface area (Å²) >= 11 is 0. The standard InChI is InChI=1S/C13H20N2O2/c1-13(2,15(16)17)9-8-12(14)10-11-6-4-3-5-7-11/h3-7,12H,8-10,14H2,1-2H3. The van der Waals surface area contributed by atoms with Crippen LogP contribution in [0.25, 0.3) is 0 Å². The van der Waals surface area contributed by atoms with Crippen molar-refractivity contribution in [3.05, 3.63) is 46.0 Å². The summed E-state index contributed by atoms with van der Waals surface area (Å²) in [4.78, 5) is 10.5. The first-order valence-corrected chi connectivity index (χ1v) is 5.86. The van der Waals surface area contributed by atoms with Crippen LogP contribution in [0.3, 0.4) is 0 Å². The fourth-order valence-electron chi connectivity index (χ4n) is 1.65. The van der Waals surface area contributed by atoms with Crippen molar-refractivity contribution in [2.75, 3.05) is 0 Å². The molecule has 0 bridgehead atoms. The molecule has 0 amide bonds. The van der Waals surface area contributed by atoms with Gasteiger partial charge in [-0.3, -0.25) is 10.1 Å². The van der Waals surface area contributed by atoms with Gasteiger partial charge in [0, 0.05) is 31.2 Å². The largest absolute Gasteiger partial charge is 0.327 e. The van der Waals surface area contributed by atoms with Crippen molar-refractivity contribution < 1.29 is 4.92 Å². The first-order chi connectivity index (χ1) is 7.92. The predicted molar refractivity (Wildman–Crippen MR) is 68.4 cm³/mol. The van der Waals surface area contributed by atoms with Gasteiger partial charge in [-0.1, -0.05) is 30.3 Å². The summed E-state index contributed by atoms with van der Waals surface area (Å²) in [6, 6.07) is 9.95. The van der Waals surface area contributed by atoms with Crippen molar-refractivity contribution in [1.82, 2.24) is 0 Å². The van der Waals surface area contributed by atoms with E-state index in [4.69, 9.17) is 5.73 Å². The Kier molecular flexibility index (Phi) is 4.63. The summed E-state index contributed by atoms with van der Waals surface area (Å²) in [5, 5.41) is 10.8. The van der Waals surface area contributed by atoms with Gasteiger partial charge in [0.1, 0.15) is 0 Å². The molecule has 0 heterocycles. The predicted octanol–water partition coefficient (Wildman–Crippen LogP) is 2.39. The highest BCUT2D eigenvalue weighted by molar-refractivity contribution is 5.15. The lowest BCUT2D eigenvalue weighted by Crippen LogP contribution is -2.34. The van der Waals surface area contributed by atoms with Gasteiger partial charge in [-0.15, -0.1) is 0 Å². The smallest absolute Gasteiger partial charge is 0.216 e. The number of nitrogens with zero attached hydrogens (tertiary/aromatic N) is 1. The third-order valence-corrected chi connectivity index (χ3v) is 2.96. The average molecular weight is 236 g/mol. The Bertz CT molecular complexity index is 363. The lowest BCUT2D eigenvalue weighted by Gasteiger charge is -2.18. The Morgan fingerprint density at radius 1 is 1.35 bits per heavy atom. The van der Waals surface area contributed by atoms with Crippen LogP contribution in [-0.4, -0.2) is 16.5 Å². The lowest BCUT2D eigenvalue weighted by molar-refractivity contribution is -0.561. The molecule has 0 saturated carbocycles. The molecule has 17 heavy (non-hydrogen) atoms. The Morgan fingerprint density at radius 3 is 2.47 bits per heavy atom. The number of rotatable bonds is 6. The van der Waals surface area contributed by atoms with Crippen molar-refractivity contribution in [2.24, 2.45) is 5.73 Å². The van der Waals surface area contributed by atoms with Crippen LogP contribution >= 0.6 is 0 Å². The van der Waals surface area contributed by atoms with Crippen LogP contribution in [0.15, 0.2) is 30.3 Å². The van der Waals surface area contributed by atoms with Crippen LogP contribution in [0.5, 0.6) is 0 Å². The Hall–Kier alpha value is -1.42. The van der Waals surface area contributed by atoms with Crippen molar-refractivity contribution in [2.45, 2.75) is 44.7 Å². The maximum atomic E-state index is 10.8. The molecule has 0 radical (unpaired) electrons. The van der Waals surface area contributed by atoms with Gasteiger partial charge in [-0.05, 0) is 18.4 Å². The summed E-state index contributed by atoms with van der Waals surface area (Å²) in [5.74, 6) is 0. The number of nitrogens with two attached hydrogens (primary N) is 1. The molecule has 1 rings (SSSR count). The van der Waals surface area contributed by atoms with Gasteiger partial charge < -0.3 is 5.73 Å². The second-order valence-corrected chi connectivity index (χ2v) is 5.06. The van der Waals surface area contributed by atoms with Crippen molar-refractivity contribution >= 4 is 0 Å². The fourth-order valence-corrected chi connectivity index (χ4v) is 1.65. The van der Waals surface area contributed by atoms with Gasteiger partial charge in [0.05, 0.1) is 0 Å². The molecule has 1 aromatic carbocycles. The van der Waals surface area contributed by atoms with E-state index in [1.54, 1.807) is 13.8 Å². The highest BCUT2D eigenvalue weighted by Crippen LogP contribution is 2.17. The number of hydrogen-bond donors (Lipinski definition) is 1. The van der Waals surface area contributed by atoms with Gasteiger partial charge in [0.2, 0.25) is 5.54 Å². The number of hydrogen-bond acceptors (Lipinski definition) is 3. The zero-order valence-corrected chi connectivity index (χ0v) is 10.4. The van der Waals surface area contributed by atoms with Crippen molar-refractivity contribution in [3.63, 3.8) is 0 Å². The van der Waals surface area contributed by atoms with E-state index in [-0.39, 0.29) is 11.0 Å². The zero-order chi connectivity index (χ0) is 12.9. The zero-order valence-electron chi connectivity index (χ0n) is 10.4. The molecule has 0 saturated heterocycles. The fraction of sp³-hybridized carbons (Fsp3) is 0.538. The van der Waals surface area contributed by atoms with Gasteiger partial charge in [0.15, 0.2) is 0 Å². The van der Waals surface area contributed by atoms with Crippen LogP contribution in [0.4, 0.5) is 0 Å². The molecule has 4 heteroatoms. The topological polar surface area (TPSA) is 69.2 Å². The van der Waals surface area contributed by atoms with E-state index >= 15 is 0 Å². The summed E-state index contributed by atoms with van der Waals surface area (Å²) < 4.78 is 0. The molecule has 94 valence electrons. The second kappa shape index (κ2) is 5.77. The number of benzene rings is 1.